The summed E-state index contributed by atoms with van der Waals surface area (Å²) in [4.78, 5) is 4.64. The SMILES string of the molecule is NC(=S)c1ccnc(NCCCc2ccccc2)c1. The molecule has 0 aliphatic heterocycles. The van der Waals surface area contributed by atoms with Gasteiger partial charge in [-0.05, 0) is 30.5 Å². The summed E-state index contributed by atoms with van der Waals surface area (Å²) in [6.07, 6.45) is 3.83. The average Bonchev–Trinajstić information content (AvgIpc) is 2.45. The molecule has 1 aromatic carbocycles. The van der Waals surface area contributed by atoms with Gasteiger partial charge in [0.15, 0.2) is 0 Å². The number of aromatic nitrogens is 1. The highest BCUT2D eigenvalue weighted by Crippen LogP contribution is 2.07. The summed E-state index contributed by atoms with van der Waals surface area (Å²) in [5.74, 6) is 0.818. The lowest BCUT2D eigenvalue weighted by molar-refractivity contribution is 0.859. The third-order valence-corrected chi connectivity index (χ3v) is 3.07. The van der Waals surface area contributed by atoms with Crippen molar-refractivity contribution in [3.05, 3.63) is 59.8 Å². The van der Waals surface area contributed by atoms with Crippen LogP contribution in [0.15, 0.2) is 48.7 Å². The third-order valence-electron chi connectivity index (χ3n) is 2.84. The van der Waals surface area contributed by atoms with Crippen molar-refractivity contribution in [1.29, 1.82) is 0 Å². The Morgan fingerprint density at radius 2 is 2.00 bits per heavy atom. The summed E-state index contributed by atoms with van der Waals surface area (Å²) in [5.41, 5.74) is 7.79. The van der Waals surface area contributed by atoms with Crippen LogP contribution in [-0.2, 0) is 6.42 Å². The van der Waals surface area contributed by atoms with E-state index in [2.05, 4.69) is 34.6 Å². The van der Waals surface area contributed by atoms with Crippen molar-refractivity contribution in [3.63, 3.8) is 0 Å². The molecule has 0 amide bonds. The summed E-state index contributed by atoms with van der Waals surface area (Å²) >= 11 is 4.94. The molecule has 0 radical (unpaired) electrons. The highest BCUT2D eigenvalue weighted by atomic mass is 32.1. The first-order valence-electron chi connectivity index (χ1n) is 6.29. The van der Waals surface area contributed by atoms with Gasteiger partial charge in [0.05, 0.1) is 0 Å². The summed E-state index contributed by atoms with van der Waals surface area (Å²) in [7, 11) is 0. The predicted molar refractivity (Wildman–Crippen MR) is 83.4 cm³/mol. The molecule has 0 unspecified atom stereocenters. The van der Waals surface area contributed by atoms with Gasteiger partial charge in [0.2, 0.25) is 0 Å². The Morgan fingerprint density at radius 1 is 1.21 bits per heavy atom. The second-order valence-electron chi connectivity index (χ2n) is 4.31. The highest BCUT2D eigenvalue weighted by molar-refractivity contribution is 7.80. The van der Waals surface area contributed by atoms with E-state index in [1.54, 1.807) is 6.20 Å². The lowest BCUT2D eigenvalue weighted by atomic mass is 10.1. The number of aryl methyl sites for hydroxylation is 1. The molecule has 98 valence electrons. The summed E-state index contributed by atoms with van der Waals surface area (Å²) in [6, 6.07) is 14.2. The minimum Gasteiger partial charge on any atom is -0.389 e. The molecule has 3 N–H and O–H groups in total. The normalized spacial score (nSPS) is 10.1. The van der Waals surface area contributed by atoms with E-state index < -0.39 is 0 Å². The molecule has 19 heavy (non-hydrogen) atoms. The van der Waals surface area contributed by atoms with Crippen molar-refractivity contribution < 1.29 is 0 Å². The molecule has 0 aliphatic rings. The first-order chi connectivity index (χ1) is 9.25. The van der Waals surface area contributed by atoms with Crippen molar-refractivity contribution in [1.82, 2.24) is 4.98 Å². The molecule has 0 fully saturated rings. The van der Waals surface area contributed by atoms with Crippen molar-refractivity contribution in [2.75, 3.05) is 11.9 Å². The van der Waals surface area contributed by atoms with Crippen LogP contribution < -0.4 is 11.1 Å². The molecule has 0 aliphatic carbocycles. The minimum atomic E-state index is 0.398. The number of nitrogens with one attached hydrogen (secondary N) is 1. The Morgan fingerprint density at radius 3 is 2.74 bits per heavy atom. The Hall–Kier alpha value is -1.94. The number of pyridine rings is 1. The van der Waals surface area contributed by atoms with E-state index in [4.69, 9.17) is 18.0 Å². The molecule has 0 saturated carbocycles. The first-order valence-corrected chi connectivity index (χ1v) is 6.70. The van der Waals surface area contributed by atoms with Crippen molar-refractivity contribution in [2.45, 2.75) is 12.8 Å². The number of benzene rings is 1. The molecule has 2 aromatic rings. The fourth-order valence-corrected chi connectivity index (χ4v) is 1.96. The molecular weight excluding hydrogens is 254 g/mol. The largest absolute Gasteiger partial charge is 0.389 e. The van der Waals surface area contributed by atoms with Gasteiger partial charge in [-0.15, -0.1) is 0 Å². The number of anilines is 1. The highest BCUT2D eigenvalue weighted by Gasteiger charge is 1.99. The maximum Gasteiger partial charge on any atom is 0.126 e. The van der Waals surface area contributed by atoms with E-state index in [9.17, 15) is 0 Å². The van der Waals surface area contributed by atoms with Gasteiger partial charge in [0.25, 0.3) is 0 Å². The summed E-state index contributed by atoms with van der Waals surface area (Å²) in [6.45, 7) is 0.878. The molecule has 4 heteroatoms. The molecular formula is C15H17N3S. The van der Waals surface area contributed by atoms with E-state index in [1.165, 1.54) is 5.56 Å². The van der Waals surface area contributed by atoms with E-state index in [1.807, 2.05) is 18.2 Å². The van der Waals surface area contributed by atoms with Crippen LogP contribution in [0.5, 0.6) is 0 Å². The average molecular weight is 271 g/mol. The van der Waals surface area contributed by atoms with Gasteiger partial charge in [-0.1, -0.05) is 42.5 Å². The maximum atomic E-state index is 5.59. The zero-order chi connectivity index (χ0) is 13.5. The van der Waals surface area contributed by atoms with E-state index in [0.29, 0.717) is 4.99 Å². The minimum absolute atomic E-state index is 0.398. The molecule has 1 aromatic heterocycles. The van der Waals surface area contributed by atoms with Crippen LogP contribution in [-0.4, -0.2) is 16.5 Å². The lowest BCUT2D eigenvalue weighted by Crippen LogP contribution is -2.11. The number of hydrogen-bond donors (Lipinski definition) is 2. The molecule has 0 saturated heterocycles. The summed E-state index contributed by atoms with van der Waals surface area (Å²) in [5, 5.41) is 3.28. The van der Waals surface area contributed by atoms with Crippen LogP contribution in [0.3, 0.4) is 0 Å². The number of thiocarbonyl (C=S) groups is 1. The lowest BCUT2D eigenvalue weighted by Gasteiger charge is -2.07. The van der Waals surface area contributed by atoms with Gasteiger partial charge >= 0.3 is 0 Å². The standard InChI is InChI=1S/C15H17N3S/c16-15(19)13-8-10-18-14(11-13)17-9-4-7-12-5-2-1-3-6-12/h1-3,5-6,8,10-11H,4,7,9H2,(H2,16,19)(H,17,18). The Labute approximate surface area is 118 Å². The zero-order valence-corrected chi connectivity index (χ0v) is 11.5. The zero-order valence-electron chi connectivity index (χ0n) is 10.7. The number of nitrogens with two attached hydrogens (primary N) is 1. The second-order valence-corrected chi connectivity index (χ2v) is 4.75. The van der Waals surface area contributed by atoms with Crippen LogP contribution >= 0.6 is 12.2 Å². The molecule has 3 nitrogen and oxygen atoms in total. The maximum absolute atomic E-state index is 5.59. The number of nitrogens with zero attached hydrogens (tertiary/aromatic N) is 1. The molecule has 0 bridgehead atoms. The fraction of sp³-hybridized carbons (Fsp3) is 0.200. The second kappa shape index (κ2) is 6.85. The Bertz CT molecular complexity index is 540. The molecule has 1 heterocycles. The van der Waals surface area contributed by atoms with Gasteiger partial charge in [0.1, 0.15) is 10.8 Å². The topological polar surface area (TPSA) is 50.9 Å². The van der Waals surface area contributed by atoms with Gasteiger partial charge in [-0.3, -0.25) is 0 Å². The molecule has 0 spiro atoms. The van der Waals surface area contributed by atoms with Crippen molar-refractivity contribution in [2.24, 2.45) is 5.73 Å². The molecule has 2 rings (SSSR count). The van der Waals surface area contributed by atoms with Gasteiger partial charge in [-0.25, -0.2) is 4.98 Å². The fourth-order valence-electron chi connectivity index (χ4n) is 1.83. The van der Waals surface area contributed by atoms with Crippen LogP contribution in [0, 0.1) is 0 Å². The van der Waals surface area contributed by atoms with Gasteiger partial charge < -0.3 is 11.1 Å². The predicted octanol–water partition coefficient (Wildman–Crippen LogP) is 2.76. The first kappa shape index (κ1) is 13.5. The quantitative estimate of drug-likeness (QED) is 0.626. The number of rotatable bonds is 6. The molecule has 0 atom stereocenters. The van der Waals surface area contributed by atoms with E-state index in [0.717, 1.165) is 30.8 Å². The van der Waals surface area contributed by atoms with E-state index >= 15 is 0 Å². The van der Waals surface area contributed by atoms with Crippen LogP contribution in [0.25, 0.3) is 0 Å². The van der Waals surface area contributed by atoms with Gasteiger partial charge in [-0.2, -0.15) is 0 Å². The number of hydrogen-bond acceptors (Lipinski definition) is 3. The van der Waals surface area contributed by atoms with Crippen molar-refractivity contribution >= 4 is 23.0 Å². The van der Waals surface area contributed by atoms with Crippen LogP contribution in [0.4, 0.5) is 5.82 Å². The monoisotopic (exact) mass is 271 g/mol. The Balaban J connectivity index is 1.80. The van der Waals surface area contributed by atoms with Crippen molar-refractivity contribution in [3.8, 4) is 0 Å². The van der Waals surface area contributed by atoms with E-state index in [-0.39, 0.29) is 0 Å². The Kier molecular flexibility index (Phi) is 4.86. The summed E-state index contributed by atoms with van der Waals surface area (Å²) < 4.78 is 0. The van der Waals surface area contributed by atoms with Crippen LogP contribution in [0.2, 0.25) is 0 Å². The smallest absolute Gasteiger partial charge is 0.126 e. The van der Waals surface area contributed by atoms with Gasteiger partial charge in [0, 0.05) is 18.3 Å². The van der Waals surface area contributed by atoms with Crippen LogP contribution in [0.1, 0.15) is 17.5 Å². The third kappa shape index (κ3) is 4.34.